The summed E-state index contributed by atoms with van der Waals surface area (Å²) < 4.78 is 63.7. The van der Waals surface area contributed by atoms with Crippen LogP contribution in [0.1, 0.15) is 20.3 Å². The van der Waals surface area contributed by atoms with Gasteiger partial charge in [-0.1, -0.05) is 0 Å². The van der Waals surface area contributed by atoms with E-state index in [-0.39, 0.29) is 39.3 Å². The first-order chi connectivity index (χ1) is 12.4. The molecule has 11 heteroatoms. The van der Waals surface area contributed by atoms with Crippen LogP contribution in [0, 0.1) is 0 Å². The Labute approximate surface area is 186 Å². The van der Waals surface area contributed by atoms with E-state index in [1.807, 2.05) is 0 Å². The summed E-state index contributed by atoms with van der Waals surface area (Å²) in [6.07, 6.45) is 0.432. The maximum atomic E-state index is 11.0. The summed E-state index contributed by atoms with van der Waals surface area (Å²) in [5, 5.41) is 0. The van der Waals surface area contributed by atoms with Gasteiger partial charge in [0.05, 0.1) is 21.2 Å². The van der Waals surface area contributed by atoms with Crippen LogP contribution < -0.4 is 29.6 Å². The van der Waals surface area contributed by atoms with Crippen molar-refractivity contribution in [3.63, 3.8) is 0 Å². The van der Waals surface area contributed by atoms with E-state index >= 15 is 0 Å². The largest absolute Gasteiger partial charge is 1.00 e. The molecule has 0 atom stereocenters. The molecule has 0 aliphatic heterocycles. The summed E-state index contributed by atoms with van der Waals surface area (Å²) in [5.41, 5.74) is 2.46. The summed E-state index contributed by atoms with van der Waals surface area (Å²) in [6.45, 7) is 3.56. The monoisotopic (exact) mass is 432 g/mol. The predicted molar refractivity (Wildman–Crippen MR) is 101 cm³/mol. The fourth-order valence-corrected chi connectivity index (χ4v) is 3.22. The molecular weight excluding hydrogens is 415 g/mol. The molecule has 0 amide bonds. The van der Waals surface area contributed by atoms with E-state index in [0.29, 0.717) is 23.5 Å². The van der Waals surface area contributed by atoms with Crippen molar-refractivity contribution in [2.45, 2.75) is 30.1 Å². The minimum absolute atomic E-state index is 0. The van der Waals surface area contributed by atoms with Gasteiger partial charge in [-0.2, -0.15) is 8.42 Å². The van der Waals surface area contributed by atoms with E-state index in [9.17, 15) is 21.4 Å². The van der Waals surface area contributed by atoms with Crippen LogP contribution in [-0.2, 0) is 20.2 Å². The minimum atomic E-state index is -4.48. The SMILES string of the molecule is CC(CC(C)=Nc1ccc(S(=O)(=O)O)cc1)=Nc1ccc(S(=O)(=O)[O-])cc1.[Na+]. The molecule has 0 aliphatic carbocycles. The van der Waals surface area contributed by atoms with Gasteiger partial charge in [0.25, 0.3) is 10.1 Å². The van der Waals surface area contributed by atoms with Crippen molar-refractivity contribution >= 4 is 43.0 Å². The molecule has 0 saturated carbocycles. The third-order valence-corrected chi connectivity index (χ3v) is 5.13. The second-order valence-corrected chi connectivity index (χ2v) is 8.59. The van der Waals surface area contributed by atoms with Gasteiger partial charge in [0.15, 0.2) is 0 Å². The first-order valence-corrected chi connectivity index (χ1v) is 10.5. The van der Waals surface area contributed by atoms with Crippen molar-refractivity contribution < 1.29 is 55.5 Å². The first-order valence-electron chi connectivity index (χ1n) is 7.67. The van der Waals surface area contributed by atoms with Gasteiger partial charge in [-0.3, -0.25) is 14.5 Å². The Balaban J connectivity index is 0.00000392. The zero-order valence-corrected chi connectivity index (χ0v) is 19.2. The summed E-state index contributed by atoms with van der Waals surface area (Å²) in [6, 6.07) is 10.7. The van der Waals surface area contributed by atoms with Crippen LogP contribution >= 0.6 is 0 Å². The summed E-state index contributed by atoms with van der Waals surface area (Å²) in [5.74, 6) is 0. The third-order valence-electron chi connectivity index (χ3n) is 3.41. The molecule has 0 fully saturated rings. The van der Waals surface area contributed by atoms with E-state index in [1.54, 1.807) is 13.8 Å². The Hall–Kier alpha value is -1.40. The second-order valence-electron chi connectivity index (χ2n) is 5.79. The van der Waals surface area contributed by atoms with Crippen LogP contribution in [0.15, 0.2) is 68.3 Å². The molecule has 0 spiro atoms. The van der Waals surface area contributed by atoms with Crippen molar-refractivity contribution in [1.29, 1.82) is 0 Å². The Morgan fingerprint density at radius 1 is 0.821 bits per heavy atom. The van der Waals surface area contributed by atoms with Crippen LogP contribution in [0.5, 0.6) is 0 Å². The molecule has 1 N–H and O–H groups in total. The number of nitrogens with zero attached hydrogens (tertiary/aromatic N) is 2. The molecule has 0 heterocycles. The van der Waals surface area contributed by atoms with E-state index in [2.05, 4.69) is 9.98 Å². The van der Waals surface area contributed by atoms with Crippen molar-refractivity contribution in [1.82, 2.24) is 0 Å². The van der Waals surface area contributed by atoms with Gasteiger partial charge in [-0.05, 0) is 62.4 Å². The van der Waals surface area contributed by atoms with E-state index in [0.717, 1.165) is 5.71 Å². The molecule has 144 valence electrons. The summed E-state index contributed by atoms with van der Waals surface area (Å²) in [7, 11) is -8.72. The summed E-state index contributed by atoms with van der Waals surface area (Å²) in [4.78, 5) is 8.16. The van der Waals surface area contributed by atoms with E-state index < -0.39 is 20.2 Å². The standard InChI is InChI=1S/C17H18N2O6S2.Na/c1-12(18-14-3-7-16(8-4-14)26(20,21)22)11-13(2)19-15-5-9-17(10-6-15)27(23,24)25;/h3-10H,11H2,1-2H3,(H,20,21,22)(H,23,24,25);/q;+1/p-1. The van der Waals surface area contributed by atoms with Gasteiger partial charge in [0.2, 0.25) is 0 Å². The maximum Gasteiger partial charge on any atom is 1.00 e. The average Bonchev–Trinajstić information content (AvgIpc) is 2.53. The van der Waals surface area contributed by atoms with Gasteiger partial charge in [0.1, 0.15) is 10.1 Å². The Morgan fingerprint density at radius 2 is 1.18 bits per heavy atom. The van der Waals surface area contributed by atoms with Crippen LogP contribution in [-0.4, -0.2) is 37.4 Å². The van der Waals surface area contributed by atoms with Gasteiger partial charge in [-0.15, -0.1) is 0 Å². The molecule has 0 saturated heterocycles. The molecule has 28 heavy (non-hydrogen) atoms. The van der Waals surface area contributed by atoms with Crippen LogP contribution in [0.4, 0.5) is 11.4 Å². The number of rotatable bonds is 6. The Morgan fingerprint density at radius 3 is 1.50 bits per heavy atom. The molecule has 0 aliphatic rings. The third kappa shape index (κ3) is 7.55. The second kappa shape index (κ2) is 9.88. The Bertz CT molecular complexity index is 1000. The van der Waals surface area contributed by atoms with Crippen LogP contribution in [0.3, 0.4) is 0 Å². The molecule has 0 aromatic heterocycles. The number of hydrogen-bond acceptors (Lipinski definition) is 7. The van der Waals surface area contributed by atoms with Gasteiger partial charge in [0, 0.05) is 17.8 Å². The van der Waals surface area contributed by atoms with Crippen LogP contribution in [0.2, 0.25) is 0 Å². The van der Waals surface area contributed by atoms with E-state index in [1.165, 1.54) is 48.5 Å². The number of hydrogen-bond donors (Lipinski definition) is 1. The van der Waals surface area contributed by atoms with Crippen molar-refractivity contribution in [2.75, 3.05) is 0 Å². The maximum absolute atomic E-state index is 11.0. The number of benzene rings is 2. The van der Waals surface area contributed by atoms with Crippen LogP contribution in [0.25, 0.3) is 0 Å². The zero-order valence-electron chi connectivity index (χ0n) is 15.5. The average molecular weight is 432 g/mol. The van der Waals surface area contributed by atoms with E-state index in [4.69, 9.17) is 4.55 Å². The van der Waals surface area contributed by atoms with Gasteiger partial charge < -0.3 is 4.55 Å². The molecule has 8 nitrogen and oxygen atoms in total. The van der Waals surface area contributed by atoms with Crippen molar-refractivity contribution in [3.05, 3.63) is 48.5 Å². The topological polar surface area (TPSA) is 136 Å². The van der Waals surface area contributed by atoms with Gasteiger partial charge >= 0.3 is 29.6 Å². The molecule has 2 aromatic carbocycles. The minimum Gasteiger partial charge on any atom is -0.744 e. The quantitative estimate of drug-likeness (QED) is 0.391. The smallest absolute Gasteiger partial charge is 0.744 e. The molecule has 0 unspecified atom stereocenters. The first kappa shape index (κ1) is 24.6. The fourth-order valence-electron chi connectivity index (χ4n) is 2.27. The van der Waals surface area contributed by atoms with Crippen molar-refractivity contribution in [3.8, 4) is 0 Å². The summed E-state index contributed by atoms with van der Waals surface area (Å²) >= 11 is 0. The Kier molecular flexibility index (Phi) is 8.69. The molecular formula is C17H17N2NaO6S2. The fraction of sp³-hybridized carbons (Fsp3) is 0.176. The molecule has 0 radical (unpaired) electrons. The number of aliphatic imine (C=N–C) groups is 2. The predicted octanol–water partition coefficient (Wildman–Crippen LogP) is 0.117. The molecule has 2 rings (SSSR count). The molecule has 2 aromatic rings. The normalized spacial score (nSPS) is 13.1. The van der Waals surface area contributed by atoms with Crippen molar-refractivity contribution in [2.24, 2.45) is 9.98 Å². The molecule has 0 bridgehead atoms. The van der Waals surface area contributed by atoms with Gasteiger partial charge in [-0.25, -0.2) is 8.42 Å². The zero-order chi connectivity index (χ0) is 20.2.